The lowest BCUT2D eigenvalue weighted by Crippen LogP contribution is -2.44. The molecule has 0 aliphatic rings. The van der Waals surface area contributed by atoms with Gasteiger partial charge in [-0.2, -0.15) is 0 Å². The van der Waals surface area contributed by atoms with Crippen LogP contribution in [0.4, 0.5) is 10.1 Å². The van der Waals surface area contributed by atoms with E-state index in [1.54, 1.807) is 41.7 Å². The number of halogens is 1. The van der Waals surface area contributed by atoms with E-state index >= 15 is 0 Å². The Balaban J connectivity index is 2.39. The Hall–Kier alpha value is -3.49. The minimum Gasteiger partial charge on any atom is -0.465 e. The lowest BCUT2D eigenvalue weighted by atomic mass is 10.1. The first kappa shape index (κ1) is 23.8. The number of amides is 2. The van der Waals surface area contributed by atoms with E-state index < -0.39 is 34.9 Å². The van der Waals surface area contributed by atoms with Crippen molar-refractivity contribution in [1.29, 1.82) is 0 Å². The highest BCUT2D eigenvalue weighted by atomic mass is 19.1. The van der Waals surface area contributed by atoms with Crippen LogP contribution in [0.15, 0.2) is 18.2 Å². The quantitative estimate of drug-likeness (QED) is 0.430. The van der Waals surface area contributed by atoms with Crippen molar-refractivity contribution in [2.24, 2.45) is 7.05 Å². The second-order valence-electron chi connectivity index (χ2n) is 8.17. The highest BCUT2D eigenvalue weighted by Gasteiger charge is 2.30. The summed E-state index contributed by atoms with van der Waals surface area (Å²) in [6.45, 7) is 8.48. The molecule has 0 radical (unpaired) electrons. The van der Waals surface area contributed by atoms with Crippen LogP contribution in [0.1, 0.15) is 63.2 Å². The van der Waals surface area contributed by atoms with E-state index in [0.717, 1.165) is 19.2 Å². The van der Waals surface area contributed by atoms with Gasteiger partial charge in [0.25, 0.3) is 17.6 Å². The number of Topliss-reactive ketones (excluding diaryl/α,β-unsaturated/α-hetero) is 1. The summed E-state index contributed by atoms with van der Waals surface area (Å²) >= 11 is 0. The SMILES string of the molecule is COC(=O)c1cc(NC(=O)c2c(C)c(C(=O)C(=O)NC(C)(C)C)n(C)c2C)ccc1F. The Bertz CT molecular complexity index is 1080. The first-order valence-corrected chi connectivity index (χ1v) is 9.50. The van der Waals surface area contributed by atoms with Crippen molar-refractivity contribution in [2.45, 2.75) is 40.2 Å². The van der Waals surface area contributed by atoms with Gasteiger partial charge in [-0.05, 0) is 58.4 Å². The first-order chi connectivity index (χ1) is 14.3. The number of benzene rings is 1. The maximum Gasteiger partial charge on any atom is 0.340 e. The van der Waals surface area contributed by atoms with Crippen LogP contribution in [0, 0.1) is 19.7 Å². The van der Waals surface area contributed by atoms with E-state index in [2.05, 4.69) is 15.4 Å². The van der Waals surface area contributed by atoms with Crippen LogP contribution < -0.4 is 10.6 Å². The maximum absolute atomic E-state index is 13.8. The van der Waals surface area contributed by atoms with Gasteiger partial charge in [0.1, 0.15) is 5.82 Å². The zero-order valence-corrected chi connectivity index (χ0v) is 18.6. The molecule has 0 saturated carbocycles. The van der Waals surface area contributed by atoms with Crippen LogP contribution in [0.25, 0.3) is 0 Å². The summed E-state index contributed by atoms with van der Waals surface area (Å²) in [4.78, 5) is 49.7. The number of hydrogen-bond donors (Lipinski definition) is 2. The van der Waals surface area contributed by atoms with Crippen LogP contribution in [0.5, 0.6) is 0 Å². The van der Waals surface area contributed by atoms with E-state index in [0.29, 0.717) is 11.3 Å². The number of carbonyl (C=O) groups is 4. The number of ether oxygens (including phenoxy) is 1. The lowest BCUT2D eigenvalue weighted by molar-refractivity contribution is -0.118. The molecule has 2 rings (SSSR count). The second-order valence-corrected chi connectivity index (χ2v) is 8.17. The lowest BCUT2D eigenvalue weighted by Gasteiger charge is -2.20. The smallest absolute Gasteiger partial charge is 0.340 e. The van der Waals surface area contributed by atoms with Gasteiger partial charge in [-0.25, -0.2) is 9.18 Å². The molecule has 2 aromatic rings. The number of hydrogen-bond acceptors (Lipinski definition) is 5. The van der Waals surface area contributed by atoms with Gasteiger partial charge >= 0.3 is 5.97 Å². The molecule has 1 heterocycles. The Kier molecular flexibility index (Phi) is 6.68. The van der Waals surface area contributed by atoms with Gasteiger partial charge < -0.3 is 19.9 Å². The van der Waals surface area contributed by atoms with Crippen molar-refractivity contribution < 1.29 is 28.3 Å². The normalized spacial score (nSPS) is 11.1. The summed E-state index contributed by atoms with van der Waals surface area (Å²) < 4.78 is 19.9. The van der Waals surface area contributed by atoms with E-state index in [9.17, 15) is 23.6 Å². The third kappa shape index (κ3) is 4.99. The van der Waals surface area contributed by atoms with E-state index in [-0.39, 0.29) is 22.5 Å². The van der Waals surface area contributed by atoms with Gasteiger partial charge in [-0.1, -0.05) is 0 Å². The van der Waals surface area contributed by atoms with Crippen LogP contribution in [-0.4, -0.2) is 40.8 Å². The summed E-state index contributed by atoms with van der Waals surface area (Å²) in [5.41, 5.74) is 0.363. The largest absolute Gasteiger partial charge is 0.465 e. The van der Waals surface area contributed by atoms with Crippen molar-refractivity contribution in [1.82, 2.24) is 9.88 Å². The summed E-state index contributed by atoms with van der Waals surface area (Å²) in [5.74, 6) is -3.76. The summed E-state index contributed by atoms with van der Waals surface area (Å²) in [5, 5.41) is 5.21. The summed E-state index contributed by atoms with van der Waals surface area (Å²) in [7, 11) is 2.71. The molecule has 1 aromatic heterocycles. The highest BCUT2D eigenvalue weighted by molar-refractivity contribution is 6.43. The molecule has 0 spiro atoms. The summed E-state index contributed by atoms with van der Waals surface area (Å²) in [6, 6.07) is 3.50. The number of aromatic nitrogens is 1. The standard InChI is InChI=1S/C22H26FN3O5/c1-11-16(12(2)26(6)17(11)18(27)20(29)25-22(3,4)5)19(28)24-13-8-9-15(23)14(10-13)21(30)31-7/h8-10H,1-7H3,(H,24,28)(H,25,29). The number of anilines is 1. The number of esters is 1. The zero-order valence-electron chi connectivity index (χ0n) is 18.6. The van der Waals surface area contributed by atoms with Gasteiger partial charge in [-0.15, -0.1) is 0 Å². The zero-order chi connectivity index (χ0) is 23.7. The van der Waals surface area contributed by atoms with Gasteiger partial charge in [0, 0.05) is 24.0 Å². The van der Waals surface area contributed by atoms with Crippen molar-refractivity contribution in [2.75, 3.05) is 12.4 Å². The minimum atomic E-state index is -0.876. The summed E-state index contributed by atoms with van der Waals surface area (Å²) in [6.07, 6.45) is 0. The molecule has 0 bridgehead atoms. The molecule has 8 nitrogen and oxygen atoms in total. The van der Waals surface area contributed by atoms with Crippen LogP contribution in [-0.2, 0) is 16.6 Å². The van der Waals surface area contributed by atoms with Crippen molar-refractivity contribution in [3.63, 3.8) is 0 Å². The number of nitrogens with one attached hydrogen (secondary N) is 2. The molecule has 0 fully saturated rings. The van der Waals surface area contributed by atoms with Crippen molar-refractivity contribution >= 4 is 29.3 Å². The predicted molar refractivity (Wildman–Crippen MR) is 113 cm³/mol. The number of ketones is 1. The molecular formula is C22H26FN3O5. The molecule has 166 valence electrons. The number of rotatable bonds is 5. The molecule has 0 aliphatic carbocycles. The van der Waals surface area contributed by atoms with Crippen LogP contribution >= 0.6 is 0 Å². The van der Waals surface area contributed by atoms with E-state index in [4.69, 9.17) is 0 Å². The average Bonchev–Trinajstić information content (AvgIpc) is 2.89. The highest BCUT2D eigenvalue weighted by Crippen LogP contribution is 2.24. The monoisotopic (exact) mass is 431 g/mol. The molecule has 1 aromatic carbocycles. The number of methoxy groups -OCH3 is 1. The molecular weight excluding hydrogens is 405 g/mol. The fraction of sp³-hybridized carbons (Fsp3) is 0.364. The fourth-order valence-corrected chi connectivity index (χ4v) is 3.20. The van der Waals surface area contributed by atoms with E-state index in [1.807, 2.05) is 0 Å². The van der Waals surface area contributed by atoms with Crippen LogP contribution in [0.2, 0.25) is 0 Å². The molecule has 0 saturated heterocycles. The van der Waals surface area contributed by atoms with Gasteiger partial charge in [0.15, 0.2) is 0 Å². The average molecular weight is 431 g/mol. The Morgan fingerprint density at radius 3 is 2.26 bits per heavy atom. The first-order valence-electron chi connectivity index (χ1n) is 9.50. The number of nitrogens with zero attached hydrogens (tertiary/aromatic N) is 1. The Morgan fingerprint density at radius 1 is 1.10 bits per heavy atom. The predicted octanol–water partition coefficient (Wildman–Crippen LogP) is 2.92. The van der Waals surface area contributed by atoms with Crippen molar-refractivity contribution in [3.05, 3.63) is 52.1 Å². The van der Waals surface area contributed by atoms with Gasteiger partial charge in [0.05, 0.1) is 23.9 Å². The van der Waals surface area contributed by atoms with Crippen LogP contribution in [0.3, 0.4) is 0 Å². The maximum atomic E-state index is 13.8. The Labute approximate surface area is 179 Å². The molecule has 31 heavy (non-hydrogen) atoms. The van der Waals surface area contributed by atoms with Gasteiger partial charge in [0.2, 0.25) is 0 Å². The molecule has 2 amide bonds. The molecule has 0 unspecified atom stereocenters. The van der Waals surface area contributed by atoms with Crippen molar-refractivity contribution in [3.8, 4) is 0 Å². The molecule has 0 atom stereocenters. The Morgan fingerprint density at radius 2 is 1.71 bits per heavy atom. The molecule has 0 aliphatic heterocycles. The molecule has 9 heteroatoms. The second kappa shape index (κ2) is 8.71. The number of carbonyl (C=O) groups excluding carboxylic acids is 4. The third-order valence-electron chi connectivity index (χ3n) is 4.70. The minimum absolute atomic E-state index is 0.0961. The third-order valence-corrected chi connectivity index (χ3v) is 4.70. The fourth-order valence-electron chi connectivity index (χ4n) is 3.20. The molecule has 2 N–H and O–H groups in total. The van der Waals surface area contributed by atoms with E-state index in [1.165, 1.54) is 10.6 Å². The topological polar surface area (TPSA) is 106 Å². The van der Waals surface area contributed by atoms with Gasteiger partial charge in [-0.3, -0.25) is 14.4 Å².